The number of nitrogens with zero attached hydrogens (tertiary/aromatic N) is 1. The molecule has 0 aromatic heterocycles. The number of methoxy groups -OCH3 is 2. The van der Waals surface area contributed by atoms with Gasteiger partial charge in [0.15, 0.2) is 11.5 Å². The van der Waals surface area contributed by atoms with Crippen LogP contribution in [0.15, 0.2) is 52.3 Å². The van der Waals surface area contributed by atoms with Crippen LogP contribution in [0.1, 0.15) is 0 Å². The Morgan fingerprint density at radius 3 is 2.43 bits per heavy atom. The van der Waals surface area contributed by atoms with Crippen molar-refractivity contribution < 1.29 is 9.47 Å². The fourth-order valence-corrected chi connectivity index (χ4v) is 3.72. The number of hydrogen-bond donors (Lipinski definition) is 1. The largest absolute Gasteiger partial charge is 0.493 e. The van der Waals surface area contributed by atoms with Gasteiger partial charge < -0.3 is 19.7 Å². The van der Waals surface area contributed by atoms with Crippen molar-refractivity contribution in [1.82, 2.24) is 5.32 Å². The summed E-state index contributed by atoms with van der Waals surface area (Å²) in [5, 5.41) is 3.40. The highest BCUT2D eigenvalue weighted by Crippen LogP contribution is 2.39. The van der Waals surface area contributed by atoms with E-state index in [1.54, 1.807) is 26.0 Å². The van der Waals surface area contributed by atoms with Crippen LogP contribution in [0.25, 0.3) is 0 Å². The molecule has 1 heterocycles. The van der Waals surface area contributed by atoms with Crippen LogP contribution in [-0.2, 0) is 0 Å². The fraction of sp³-hybridized carbons (Fsp3) is 0.333. The predicted octanol–water partition coefficient (Wildman–Crippen LogP) is 3.26. The van der Waals surface area contributed by atoms with Crippen LogP contribution in [0, 0.1) is 0 Å². The van der Waals surface area contributed by atoms with Crippen LogP contribution in [0.3, 0.4) is 0 Å². The predicted molar refractivity (Wildman–Crippen MR) is 95.2 cm³/mol. The van der Waals surface area contributed by atoms with Crippen LogP contribution in [0.2, 0.25) is 0 Å². The van der Waals surface area contributed by atoms with Crippen molar-refractivity contribution in [2.24, 2.45) is 0 Å². The third-order valence-corrected chi connectivity index (χ3v) is 4.96. The second-order valence-electron chi connectivity index (χ2n) is 5.32. The first-order chi connectivity index (χ1) is 11.3. The summed E-state index contributed by atoms with van der Waals surface area (Å²) in [7, 11) is 3.32. The van der Waals surface area contributed by atoms with Crippen molar-refractivity contribution in [3.8, 4) is 11.5 Å². The maximum absolute atomic E-state index is 5.40. The van der Waals surface area contributed by atoms with Crippen molar-refractivity contribution in [3.05, 3.63) is 42.5 Å². The van der Waals surface area contributed by atoms with Gasteiger partial charge in [-0.25, -0.2) is 0 Å². The molecular formula is C18H22N2O2S. The van der Waals surface area contributed by atoms with Crippen molar-refractivity contribution in [2.45, 2.75) is 9.79 Å². The SMILES string of the molecule is COc1ccc(Sc2ccccc2N2CCNCC2)cc1OC. The summed E-state index contributed by atoms with van der Waals surface area (Å²) in [6.45, 7) is 4.16. The van der Waals surface area contributed by atoms with Crippen molar-refractivity contribution in [3.63, 3.8) is 0 Å². The molecule has 122 valence electrons. The Morgan fingerprint density at radius 2 is 1.70 bits per heavy atom. The molecule has 0 amide bonds. The van der Waals surface area contributed by atoms with Gasteiger partial charge in [-0.15, -0.1) is 0 Å². The minimum absolute atomic E-state index is 0.757. The minimum atomic E-state index is 0.757. The molecule has 0 aliphatic carbocycles. The monoisotopic (exact) mass is 330 g/mol. The number of ether oxygens (including phenoxy) is 2. The van der Waals surface area contributed by atoms with Crippen molar-refractivity contribution >= 4 is 17.4 Å². The first kappa shape index (κ1) is 16.0. The molecule has 1 saturated heterocycles. The van der Waals surface area contributed by atoms with Gasteiger partial charge >= 0.3 is 0 Å². The number of hydrogen-bond acceptors (Lipinski definition) is 5. The van der Waals surface area contributed by atoms with Gasteiger partial charge in [0, 0.05) is 36.0 Å². The lowest BCUT2D eigenvalue weighted by atomic mass is 10.2. The molecule has 1 fully saturated rings. The van der Waals surface area contributed by atoms with Crippen LogP contribution < -0.4 is 19.7 Å². The summed E-state index contributed by atoms with van der Waals surface area (Å²) in [5.74, 6) is 1.52. The normalized spacial score (nSPS) is 14.6. The van der Waals surface area contributed by atoms with Gasteiger partial charge in [-0.1, -0.05) is 23.9 Å². The molecule has 23 heavy (non-hydrogen) atoms. The van der Waals surface area contributed by atoms with Crippen LogP contribution in [-0.4, -0.2) is 40.4 Å². The summed E-state index contributed by atoms with van der Waals surface area (Å²) in [6, 6.07) is 14.6. The Morgan fingerprint density at radius 1 is 0.957 bits per heavy atom. The molecule has 0 bridgehead atoms. The summed E-state index contributed by atoms with van der Waals surface area (Å²) < 4.78 is 10.7. The smallest absolute Gasteiger partial charge is 0.161 e. The average Bonchev–Trinajstić information content (AvgIpc) is 2.63. The van der Waals surface area contributed by atoms with Crippen molar-refractivity contribution in [2.75, 3.05) is 45.3 Å². The van der Waals surface area contributed by atoms with E-state index in [1.807, 2.05) is 12.1 Å². The average molecular weight is 330 g/mol. The first-order valence-electron chi connectivity index (χ1n) is 7.76. The maximum Gasteiger partial charge on any atom is 0.161 e. The minimum Gasteiger partial charge on any atom is -0.493 e. The van der Waals surface area contributed by atoms with E-state index >= 15 is 0 Å². The van der Waals surface area contributed by atoms with E-state index in [-0.39, 0.29) is 0 Å². The molecule has 0 unspecified atom stereocenters. The number of para-hydroxylation sites is 1. The molecule has 0 radical (unpaired) electrons. The highest BCUT2D eigenvalue weighted by molar-refractivity contribution is 7.99. The van der Waals surface area contributed by atoms with Gasteiger partial charge in [0.2, 0.25) is 0 Å². The fourth-order valence-electron chi connectivity index (χ4n) is 2.72. The van der Waals surface area contributed by atoms with Crippen LogP contribution in [0.5, 0.6) is 11.5 Å². The van der Waals surface area contributed by atoms with E-state index in [0.29, 0.717) is 0 Å². The van der Waals surface area contributed by atoms with Crippen LogP contribution in [0.4, 0.5) is 5.69 Å². The number of piperazine rings is 1. The highest BCUT2D eigenvalue weighted by atomic mass is 32.2. The Bertz CT molecular complexity index is 657. The second kappa shape index (κ2) is 7.62. The summed E-state index contributed by atoms with van der Waals surface area (Å²) >= 11 is 1.76. The third kappa shape index (κ3) is 3.74. The number of rotatable bonds is 5. The molecule has 2 aromatic carbocycles. The molecule has 3 rings (SSSR count). The molecule has 0 saturated carbocycles. The van der Waals surface area contributed by atoms with Gasteiger partial charge in [0.1, 0.15) is 0 Å². The lowest BCUT2D eigenvalue weighted by molar-refractivity contribution is 0.354. The van der Waals surface area contributed by atoms with E-state index < -0.39 is 0 Å². The van der Waals surface area contributed by atoms with Gasteiger partial charge in [-0.3, -0.25) is 0 Å². The van der Waals surface area contributed by atoms with Crippen LogP contribution >= 0.6 is 11.8 Å². The van der Waals surface area contributed by atoms with E-state index in [4.69, 9.17) is 9.47 Å². The zero-order valence-electron chi connectivity index (χ0n) is 13.5. The maximum atomic E-state index is 5.40. The molecule has 0 atom stereocenters. The summed E-state index contributed by atoms with van der Waals surface area (Å²) in [4.78, 5) is 4.85. The summed E-state index contributed by atoms with van der Waals surface area (Å²) in [5.41, 5.74) is 1.30. The lowest BCUT2D eigenvalue weighted by Crippen LogP contribution is -2.43. The number of benzene rings is 2. The Labute approximate surface area is 141 Å². The number of anilines is 1. The Balaban J connectivity index is 1.85. The standard InChI is InChI=1S/C18H22N2O2S/c1-21-16-8-7-14(13-17(16)22-2)23-18-6-4-3-5-15(18)20-11-9-19-10-12-20/h3-8,13,19H,9-12H2,1-2H3. The first-order valence-corrected chi connectivity index (χ1v) is 8.58. The Kier molecular flexibility index (Phi) is 5.31. The molecular weight excluding hydrogens is 308 g/mol. The Hall–Kier alpha value is -1.85. The topological polar surface area (TPSA) is 33.7 Å². The van der Waals surface area contributed by atoms with Gasteiger partial charge in [0.25, 0.3) is 0 Å². The molecule has 1 aliphatic rings. The second-order valence-corrected chi connectivity index (χ2v) is 6.44. The van der Waals surface area contributed by atoms with Gasteiger partial charge in [-0.05, 0) is 30.3 Å². The van der Waals surface area contributed by atoms with E-state index in [2.05, 4.69) is 40.5 Å². The third-order valence-electron chi connectivity index (χ3n) is 3.91. The van der Waals surface area contributed by atoms with E-state index in [1.165, 1.54) is 10.6 Å². The molecule has 0 spiro atoms. The highest BCUT2D eigenvalue weighted by Gasteiger charge is 2.15. The van der Waals surface area contributed by atoms with Gasteiger partial charge in [0.05, 0.1) is 19.9 Å². The quantitative estimate of drug-likeness (QED) is 0.910. The molecule has 1 N–H and O–H groups in total. The van der Waals surface area contributed by atoms with E-state index in [0.717, 1.165) is 42.6 Å². The van der Waals surface area contributed by atoms with E-state index in [9.17, 15) is 0 Å². The zero-order valence-corrected chi connectivity index (χ0v) is 14.4. The molecule has 5 heteroatoms. The van der Waals surface area contributed by atoms with Gasteiger partial charge in [-0.2, -0.15) is 0 Å². The number of nitrogens with one attached hydrogen (secondary N) is 1. The summed E-state index contributed by atoms with van der Waals surface area (Å²) in [6.07, 6.45) is 0. The zero-order chi connectivity index (χ0) is 16.1. The molecule has 2 aromatic rings. The lowest BCUT2D eigenvalue weighted by Gasteiger charge is -2.31. The van der Waals surface area contributed by atoms with Crippen molar-refractivity contribution in [1.29, 1.82) is 0 Å². The molecule has 1 aliphatic heterocycles. The molecule has 4 nitrogen and oxygen atoms in total.